The molecule has 1 N–H and O–H groups in total. The van der Waals surface area contributed by atoms with Gasteiger partial charge < -0.3 is 28.5 Å². The van der Waals surface area contributed by atoms with Gasteiger partial charge in [0.2, 0.25) is 0 Å². The average Bonchev–Trinajstić information content (AvgIpc) is 3.09. The molecule has 3 aromatic rings. The number of hydrogen-bond acceptors (Lipinski definition) is 12. The van der Waals surface area contributed by atoms with Crippen LogP contribution in [0.4, 0.5) is 0 Å². The van der Waals surface area contributed by atoms with Crippen molar-refractivity contribution in [3.05, 3.63) is 82.0 Å². The molecule has 0 bridgehead atoms. The first-order valence-electron chi connectivity index (χ1n) is 16.7. The molecule has 1 aliphatic heterocycles. The van der Waals surface area contributed by atoms with Crippen LogP contribution in [0.3, 0.4) is 0 Å². The highest BCUT2D eigenvalue weighted by molar-refractivity contribution is 5.89. The first-order chi connectivity index (χ1) is 23.7. The van der Waals surface area contributed by atoms with E-state index in [4.69, 9.17) is 23.4 Å². The number of fused-ring (bicyclic) bond motifs is 4. The summed E-state index contributed by atoms with van der Waals surface area (Å²) in [5.41, 5.74) is -2.92. The Bertz CT molecular complexity index is 1900. The van der Waals surface area contributed by atoms with E-state index in [9.17, 15) is 29.5 Å². The minimum absolute atomic E-state index is 0.0552. The summed E-state index contributed by atoms with van der Waals surface area (Å²) in [5, 5.41) is 21.6. The number of nitriles is 1. The van der Waals surface area contributed by atoms with Gasteiger partial charge in [-0.15, -0.1) is 0 Å². The zero-order valence-electron chi connectivity index (χ0n) is 28.6. The maximum absolute atomic E-state index is 13.8. The van der Waals surface area contributed by atoms with E-state index >= 15 is 0 Å². The molecule has 2 saturated carbocycles. The predicted molar refractivity (Wildman–Crippen MR) is 176 cm³/mol. The predicted octanol–water partition coefficient (Wildman–Crippen LogP) is 5.31. The molecular formula is C38H40N2O10. The van der Waals surface area contributed by atoms with Crippen molar-refractivity contribution in [2.75, 3.05) is 6.61 Å². The third-order valence-corrected chi connectivity index (χ3v) is 11.2. The topological polar surface area (TPSA) is 175 Å². The Morgan fingerprint density at radius 2 is 1.84 bits per heavy atom. The van der Waals surface area contributed by atoms with Gasteiger partial charge in [-0.3, -0.25) is 14.6 Å². The van der Waals surface area contributed by atoms with Gasteiger partial charge >= 0.3 is 23.5 Å². The second-order valence-corrected chi connectivity index (χ2v) is 14.2. The number of benzene rings is 1. The molecule has 0 spiro atoms. The van der Waals surface area contributed by atoms with Crippen molar-refractivity contribution in [1.29, 1.82) is 5.26 Å². The third-order valence-electron chi connectivity index (χ3n) is 11.2. The van der Waals surface area contributed by atoms with Crippen molar-refractivity contribution in [1.82, 2.24) is 4.98 Å². The fourth-order valence-electron chi connectivity index (χ4n) is 8.76. The lowest BCUT2D eigenvalue weighted by molar-refractivity contribution is -0.267. The number of ether oxygens (including phenoxy) is 4. The molecule has 2 aliphatic carbocycles. The van der Waals surface area contributed by atoms with E-state index in [1.165, 1.54) is 43.5 Å². The van der Waals surface area contributed by atoms with Crippen LogP contribution in [0.5, 0.6) is 5.75 Å². The molecule has 8 atom stereocenters. The van der Waals surface area contributed by atoms with E-state index in [2.05, 4.69) is 4.98 Å². The summed E-state index contributed by atoms with van der Waals surface area (Å²) in [6, 6.07) is 13.0. The second-order valence-electron chi connectivity index (χ2n) is 14.2. The van der Waals surface area contributed by atoms with Gasteiger partial charge in [0, 0.05) is 48.7 Å². The quantitative estimate of drug-likeness (QED) is 0.251. The number of aromatic nitrogens is 1. The number of nitrogens with zero attached hydrogens (tertiary/aromatic N) is 2. The van der Waals surface area contributed by atoms with Crippen molar-refractivity contribution >= 4 is 17.9 Å². The molecule has 262 valence electrons. The molecular weight excluding hydrogens is 644 g/mol. The number of aliphatic hydroxyl groups is 1. The van der Waals surface area contributed by atoms with E-state index in [0.29, 0.717) is 24.0 Å². The fourth-order valence-corrected chi connectivity index (χ4v) is 8.76. The van der Waals surface area contributed by atoms with E-state index in [-0.39, 0.29) is 42.1 Å². The minimum atomic E-state index is -1.42. The molecule has 12 nitrogen and oxygen atoms in total. The van der Waals surface area contributed by atoms with Crippen molar-refractivity contribution in [3.8, 4) is 23.1 Å². The van der Waals surface area contributed by atoms with Crippen LogP contribution in [0.2, 0.25) is 0 Å². The molecule has 3 aliphatic rings. The first-order valence-corrected chi connectivity index (χ1v) is 16.7. The van der Waals surface area contributed by atoms with E-state index in [0.717, 1.165) is 0 Å². The molecule has 2 fully saturated rings. The summed E-state index contributed by atoms with van der Waals surface area (Å²) in [5.74, 6) is -2.63. The molecule has 12 heteroatoms. The van der Waals surface area contributed by atoms with E-state index in [1.807, 2.05) is 19.9 Å². The van der Waals surface area contributed by atoms with Crippen molar-refractivity contribution in [2.24, 2.45) is 22.7 Å². The molecule has 0 radical (unpaired) electrons. The van der Waals surface area contributed by atoms with Gasteiger partial charge in [-0.2, -0.15) is 5.26 Å². The standard InChI is InChI=1S/C38H40N2O10/c1-6-30(42)48-28-13-14-36(3)27(37(28,4)20-46-21(2)41)17-29(49-34(44)23-11-9-22(18-39)10-12-23)38(5)33(36)32(43)31-26(50-38)16-25(47-35(31)45)24-8-7-15-40-19-24/h7-12,15-16,19,27-29,32-33,43H,6,13-14,17,20H2,1-5H3/t27-,28+,29+,32+,33-,36+,37+,38-/m1/s1. The van der Waals surface area contributed by atoms with Gasteiger partial charge in [-0.05, 0) is 73.9 Å². The summed E-state index contributed by atoms with van der Waals surface area (Å²) in [6.07, 6.45) is 1.19. The van der Waals surface area contributed by atoms with Crippen LogP contribution in [0, 0.1) is 34.0 Å². The lowest BCUT2D eigenvalue weighted by atomic mass is 9.42. The first kappa shape index (κ1) is 34.8. The lowest BCUT2D eigenvalue weighted by Gasteiger charge is -2.66. The smallest absolute Gasteiger partial charge is 0.345 e. The Kier molecular flexibility index (Phi) is 9.07. The van der Waals surface area contributed by atoms with Gasteiger partial charge in [0.05, 0.1) is 23.3 Å². The Labute approximate surface area is 289 Å². The molecule has 50 heavy (non-hydrogen) atoms. The Hall–Kier alpha value is -5.02. The molecule has 2 aromatic heterocycles. The van der Waals surface area contributed by atoms with Crippen LogP contribution in [0.1, 0.15) is 87.9 Å². The molecule has 0 amide bonds. The summed E-state index contributed by atoms with van der Waals surface area (Å²) in [6.45, 7) is 8.54. The van der Waals surface area contributed by atoms with Crippen LogP contribution in [-0.2, 0) is 23.8 Å². The highest BCUT2D eigenvalue weighted by Gasteiger charge is 2.71. The van der Waals surface area contributed by atoms with Crippen LogP contribution >= 0.6 is 0 Å². The Balaban J connectivity index is 1.50. The monoisotopic (exact) mass is 684 g/mol. The maximum atomic E-state index is 13.8. The second kappa shape index (κ2) is 13.0. The largest absolute Gasteiger partial charge is 0.482 e. The number of pyridine rings is 1. The van der Waals surface area contributed by atoms with E-state index < -0.39 is 70.1 Å². The molecule has 1 aromatic carbocycles. The molecule has 3 heterocycles. The zero-order valence-corrected chi connectivity index (χ0v) is 28.6. The van der Waals surface area contributed by atoms with Gasteiger partial charge in [0.15, 0.2) is 0 Å². The highest BCUT2D eigenvalue weighted by Crippen LogP contribution is 2.67. The van der Waals surface area contributed by atoms with Crippen molar-refractivity contribution < 1.29 is 42.9 Å². The number of carbonyl (C=O) groups excluding carboxylic acids is 3. The van der Waals surface area contributed by atoms with Gasteiger partial charge in [-0.25, -0.2) is 9.59 Å². The summed E-state index contributed by atoms with van der Waals surface area (Å²) < 4.78 is 30.4. The summed E-state index contributed by atoms with van der Waals surface area (Å²) >= 11 is 0. The number of esters is 3. The van der Waals surface area contributed by atoms with Crippen LogP contribution in [0.25, 0.3) is 11.3 Å². The van der Waals surface area contributed by atoms with Crippen LogP contribution < -0.4 is 10.4 Å². The Morgan fingerprint density at radius 3 is 2.48 bits per heavy atom. The van der Waals surface area contributed by atoms with Crippen LogP contribution in [-0.4, -0.2) is 52.4 Å². The van der Waals surface area contributed by atoms with Crippen LogP contribution in [0.15, 0.2) is 64.1 Å². The molecule has 0 unspecified atom stereocenters. The van der Waals surface area contributed by atoms with Gasteiger partial charge in [-0.1, -0.05) is 20.8 Å². The minimum Gasteiger partial charge on any atom is -0.482 e. The number of carbonyl (C=O) groups is 3. The average molecular weight is 685 g/mol. The maximum Gasteiger partial charge on any atom is 0.345 e. The van der Waals surface area contributed by atoms with Crippen molar-refractivity contribution in [3.63, 3.8) is 0 Å². The number of aliphatic hydroxyl groups excluding tert-OH is 1. The third kappa shape index (κ3) is 5.83. The summed E-state index contributed by atoms with van der Waals surface area (Å²) in [7, 11) is 0. The van der Waals surface area contributed by atoms with Crippen molar-refractivity contribution in [2.45, 2.75) is 84.2 Å². The Morgan fingerprint density at radius 1 is 1.10 bits per heavy atom. The van der Waals surface area contributed by atoms with Gasteiger partial charge in [0.1, 0.15) is 41.5 Å². The lowest BCUT2D eigenvalue weighted by Crippen LogP contribution is -2.71. The highest BCUT2D eigenvalue weighted by atomic mass is 16.6. The zero-order chi connectivity index (χ0) is 36.0. The summed E-state index contributed by atoms with van der Waals surface area (Å²) in [4.78, 5) is 56.4. The number of hydrogen-bond donors (Lipinski definition) is 1. The fraction of sp³-hybridized carbons (Fsp3) is 0.474. The SMILES string of the molecule is CCC(=O)O[C@H]1CC[C@@]2(C)[C@@H](C[C@H](OC(=O)c3ccc(C#N)cc3)[C@@]3(C)Oc4cc(-c5cccnc5)oc(=O)c4[C@H](O)[C@H]23)[C@]1(C)COC(C)=O. The van der Waals surface area contributed by atoms with E-state index in [1.54, 1.807) is 32.2 Å². The molecule has 6 rings (SSSR count). The van der Waals surface area contributed by atoms with Gasteiger partial charge in [0.25, 0.3) is 0 Å². The number of rotatable bonds is 7. The normalized spacial score (nSPS) is 31.0. The molecule has 0 saturated heterocycles.